The van der Waals surface area contributed by atoms with Crippen LogP contribution in [0.15, 0.2) is 23.1 Å². The number of ether oxygens (including phenoxy) is 1. The SMILES string of the molecule is COC1(C)CCCN(C/C(S)=C(/N)c2ccc(Cl)c(C(F)(F)F)c2)C1. The normalized spacial score (nSPS) is 23.5. The summed E-state index contributed by atoms with van der Waals surface area (Å²) in [4.78, 5) is 2.67. The number of hydrogen-bond acceptors (Lipinski definition) is 4. The van der Waals surface area contributed by atoms with Crippen LogP contribution in [0, 0.1) is 0 Å². The van der Waals surface area contributed by atoms with E-state index in [1.807, 2.05) is 6.92 Å². The number of nitrogens with zero attached hydrogens (tertiary/aromatic N) is 1. The molecule has 1 fully saturated rings. The molecule has 1 aliphatic rings. The number of nitrogens with two attached hydrogens (primary N) is 1. The van der Waals surface area contributed by atoms with Gasteiger partial charge in [-0.15, -0.1) is 12.6 Å². The van der Waals surface area contributed by atoms with E-state index >= 15 is 0 Å². The van der Waals surface area contributed by atoms with Crippen molar-refractivity contribution in [2.75, 3.05) is 26.7 Å². The molecule has 140 valence electrons. The number of piperidine rings is 1. The quantitative estimate of drug-likeness (QED) is 0.742. The summed E-state index contributed by atoms with van der Waals surface area (Å²) in [5.74, 6) is 0. The maximum absolute atomic E-state index is 13.0. The van der Waals surface area contributed by atoms with Crippen molar-refractivity contribution in [1.29, 1.82) is 0 Å². The minimum absolute atomic E-state index is 0.218. The van der Waals surface area contributed by atoms with Crippen molar-refractivity contribution in [3.8, 4) is 0 Å². The average molecular weight is 395 g/mol. The number of benzene rings is 1. The zero-order chi connectivity index (χ0) is 18.8. The molecule has 0 aliphatic carbocycles. The van der Waals surface area contributed by atoms with Crippen LogP contribution >= 0.6 is 24.2 Å². The minimum Gasteiger partial charge on any atom is -0.398 e. The van der Waals surface area contributed by atoms with Crippen LogP contribution in [0.2, 0.25) is 5.02 Å². The summed E-state index contributed by atoms with van der Waals surface area (Å²) < 4.78 is 44.6. The van der Waals surface area contributed by atoms with Gasteiger partial charge in [-0.2, -0.15) is 13.2 Å². The van der Waals surface area contributed by atoms with Crippen molar-refractivity contribution < 1.29 is 17.9 Å². The van der Waals surface area contributed by atoms with Gasteiger partial charge < -0.3 is 10.5 Å². The second-order valence-electron chi connectivity index (χ2n) is 6.52. The van der Waals surface area contributed by atoms with E-state index in [1.165, 1.54) is 12.1 Å². The third kappa shape index (κ3) is 5.06. The first-order valence-electron chi connectivity index (χ1n) is 7.88. The fraction of sp³-hybridized carbons (Fsp3) is 0.529. The number of thiol groups is 1. The fourth-order valence-electron chi connectivity index (χ4n) is 2.98. The molecule has 0 aromatic heterocycles. The van der Waals surface area contributed by atoms with Crippen LogP contribution in [-0.4, -0.2) is 37.2 Å². The van der Waals surface area contributed by atoms with Gasteiger partial charge in [0, 0.05) is 30.8 Å². The molecule has 3 nitrogen and oxygen atoms in total. The van der Waals surface area contributed by atoms with Gasteiger partial charge in [-0.05, 0) is 44.0 Å². The van der Waals surface area contributed by atoms with E-state index in [-0.39, 0.29) is 21.9 Å². The smallest absolute Gasteiger partial charge is 0.398 e. The van der Waals surface area contributed by atoms with Crippen LogP contribution in [-0.2, 0) is 10.9 Å². The topological polar surface area (TPSA) is 38.5 Å². The molecule has 0 bridgehead atoms. The Morgan fingerprint density at radius 1 is 1.44 bits per heavy atom. The molecule has 0 spiro atoms. The lowest BCUT2D eigenvalue weighted by Crippen LogP contribution is -2.47. The Bertz CT molecular complexity index is 666. The van der Waals surface area contributed by atoms with Crippen molar-refractivity contribution in [3.05, 3.63) is 39.3 Å². The standard InChI is InChI=1S/C17H22ClF3N2OS/c1-16(24-2)6-3-7-23(10-16)9-14(25)15(22)11-4-5-13(18)12(8-11)17(19,20)21/h4-5,8,25H,3,6-7,9-10,22H2,1-2H3/b15-14-. The van der Waals surface area contributed by atoms with Crippen molar-refractivity contribution in [1.82, 2.24) is 4.90 Å². The third-order valence-corrected chi connectivity index (χ3v) is 5.21. The van der Waals surface area contributed by atoms with Crippen molar-refractivity contribution >= 4 is 29.9 Å². The minimum atomic E-state index is -4.53. The van der Waals surface area contributed by atoms with Crippen LogP contribution in [0.3, 0.4) is 0 Å². The van der Waals surface area contributed by atoms with Crippen molar-refractivity contribution in [3.63, 3.8) is 0 Å². The van der Waals surface area contributed by atoms with Gasteiger partial charge in [0.05, 0.1) is 16.2 Å². The predicted octanol–water partition coefficient (Wildman–Crippen LogP) is 4.42. The molecule has 0 saturated carbocycles. The second kappa shape index (κ2) is 7.78. The number of likely N-dealkylation sites (tertiary alicyclic amines) is 1. The van der Waals surface area contributed by atoms with Crippen LogP contribution in [0.25, 0.3) is 5.70 Å². The summed E-state index contributed by atoms with van der Waals surface area (Å²) in [7, 11) is 1.68. The molecule has 0 amide bonds. The Balaban J connectivity index is 2.22. The number of alkyl halides is 3. The third-order valence-electron chi connectivity index (χ3n) is 4.50. The molecule has 2 rings (SSSR count). The predicted molar refractivity (Wildman–Crippen MR) is 97.6 cm³/mol. The highest BCUT2D eigenvalue weighted by molar-refractivity contribution is 7.84. The summed E-state index contributed by atoms with van der Waals surface area (Å²) >= 11 is 10.1. The van der Waals surface area contributed by atoms with Gasteiger partial charge in [-0.1, -0.05) is 17.7 Å². The molecule has 25 heavy (non-hydrogen) atoms. The van der Waals surface area contributed by atoms with E-state index in [0.29, 0.717) is 11.4 Å². The van der Waals surface area contributed by atoms with Crippen LogP contribution in [0.1, 0.15) is 30.9 Å². The van der Waals surface area contributed by atoms with Crippen LogP contribution in [0.4, 0.5) is 13.2 Å². The molecular weight excluding hydrogens is 373 g/mol. The molecule has 1 atom stereocenters. The lowest BCUT2D eigenvalue weighted by atomic mass is 9.95. The molecule has 1 aromatic carbocycles. The van der Waals surface area contributed by atoms with Gasteiger partial charge in [-0.3, -0.25) is 4.90 Å². The maximum Gasteiger partial charge on any atom is 0.417 e. The molecule has 8 heteroatoms. The zero-order valence-electron chi connectivity index (χ0n) is 14.2. The monoisotopic (exact) mass is 394 g/mol. The van der Waals surface area contributed by atoms with Gasteiger partial charge in [0.2, 0.25) is 0 Å². The summed E-state index contributed by atoms with van der Waals surface area (Å²) in [6.07, 6.45) is -2.59. The lowest BCUT2D eigenvalue weighted by Gasteiger charge is -2.39. The van der Waals surface area contributed by atoms with Gasteiger partial charge in [-0.25, -0.2) is 0 Å². The summed E-state index contributed by atoms with van der Waals surface area (Å²) in [6, 6.07) is 3.64. The number of hydrogen-bond donors (Lipinski definition) is 2. The van der Waals surface area contributed by atoms with E-state index < -0.39 is 11.7 Å². The molecule has 1 heterocycles. The molecule has 2 N–H and O–H groups in total. The first-order chi connectivity index (χ1) is 11.6. The Morgan fingerprint density at radius 3 is 2.72 bits per heavy atom. The molecule has 1 aliphatic heterocycles. The Labute approximate surface area is 156 Å². The highest BCUT2D eigenvalue weighted by Crippen LogP contribution is 2.36. The maximum atomic E-state index is 13.0. The first kappa shape index (κ1) is 20.4. The first-order valence-corrected chi connectivity index (χ1v) is 8.70. The highest BCUT2D eigenvalue weighted by Gasteiger charge is 2.34. The molecule has 1 saturated heterocycles. The molecule has 1 aromatic rings. The van der Waals surface area contributed by atoms with Crippen molar-refractivity contribution in [2.24, 2.45) is 5.73 Å². The van der Waals surface area contributed by atoms with E-state index in [0.717, 1.165) is 32.0 Å². The van der Waals surface area contributed by atoms with E-state index in [2.05, 4.69) is 17.5 Å². The molecule has 1 unspecified atom stereocenters. The van der Waals surface area contributed by atoms with Crippen LogP contribution in [0.5, 0.6) is 0 Å². The Hall–Kier alpha value is -0.890. The van der Waals surface area contributed by atoms with Gasteiger partial charge >= 0.3 is 6.18 Å². The summed E-state index contributed by atoms with van der Waals surface area (Å²) in [5, 5.41) is -0.350. The summed E-state index contributed by atoms with van der Waals surface area (Å²) in [6.45, 7) is 4.08. The van der Waals surface area contributed by atoms with Crippen molar-refractivity contribution in [2.45, 2.75) is 31.5 Å². The van der Waals surface area contributed by atoms with E-state index in [4.69, 9.17) is 22.1 Å². The Morgan fingerprint density at radius 2 is 2.12 bits per heavy atom. The molecule has 0 radical (unpaired) electrons. The second-order valence-corrected chi connectivity index (χ2v) is 7.47. The fourth-order valence-corrected chi connectivity index (χ4v) is 3.54. The highest BCUT2D eigenvalue weighted by atomic mass is 35.5. The lowest BCUT2D eigenvalue weighted by molar-refractivity contribution is -0.137. The van der Waals surface area contributed by atoms with Gasteiger partial charge in [0.1, 0.15) is 0 Å². The number of methoxy groups -OCH3 is 1. The number of halogens is 4. The van der Waals surface area contributed by atoms with Crippen LogP contribution < -0.4 is 5.73 Å². The Kier molecular flexibility index (Phi) is 6.35. The number of rotatable bonds is 4. The van der Waals surface area contributed by atoms with Gasteiger partial charge in [0.25, 0.3) is 0 Å². The molecular formula is C17H22ClF3N2OS. The average Bonchev–Trinajstić information content (AvgIpc) is 2.53. The summed E-state index contributed by atoms with van der Waals surface area (Å²) in [5.41, 5.74) is 5.39. The largest absolute Gasteiger partial charge is 0.417 e. The van der Waals surface area contributed by atoms with Gasteiger partial charge in [0.15, 0.2) is 0 Å². The van der Waals surface area contributed by atoms with E-state index in [1.54, 1.807) is 7.11 Å². The van der Waals surface area contributed by atoms with E-state index in [9.17, 15) is 13.2 Å². The zero-order valence-corrected chi connectivity index (χ0v) is 15.8.